The lowest BCUT2D eigenvalue weighted by Gasteiger charge is -2.24. The topological polar surface area (TPSA) is 35.2 Å². The van der Waals surface area contributed by atoms with Crippen LogP contribution in [-0.4, -0.2) is 18.8 Å². The summed E-state index contributed by atoms with van der Waals surface area (Å²) in [6.45, 7) is 2.47. The van der Waals surface area contributed by atoms with Gasteiger partial charge < -0.3 is 10.5 Å². The number of ether oxygens (including phenoxy) is 1. The molecule has 19 heavy (non-hydrogen) atoms. The molecule has 1 aliphatic rings. The van der Waals surface area contributed by atoms with E-state index in [2.05, 4.69) is 15.9 Å². The van der Waals surface area contributed by atoms with Crippen LogP contribution in [0.4, 0.5) is 8.78 Å². The summed E-state index contributed by atoms with van der Waals surface area (Å²) in [4.78, 5) is 0. The van der Waals surface area contributed by atoms with Crippen molar-refractivity contribution in [3.8, 4) is 0 Å². The third-order valence-electron chi connectivity index (χ3n) is 3.45. The van der Waals surface area contributed by atoms with Crippen LogP contribution in [0.15, 0.2) is 16.6 Å². The molecule has 0 aromatic heterocycles. The van der Waals surface area contributed by atoms with Crippen molar-refractivity contribution in [3.63, 3.8) is 0 Å². The number of halogens is 3. The fraction of sp³-hybridized carbons (Fsp3) is 0.571. The quantitative estimate of drug-likeness (QED) is 0.809. The van der Waals surface area contributed by atoms with E-state index in [1.807, 2.05) is 6.92 Å². The molecule has 0 bridgehead atoms. The van der Waals surface area contributed by atoms with Crippen LogP contribution in [0.1, 0.15) is 25.3 Å². The van der Waals surface area contributed by atoms with E-state index in [4.69, 9.17) is 10.5 Å². The molecule has 0 saturated heterocycles. The van der Waals surface area contributed by atoms with Gasteiger partial charge in [0.1, 0.15) is 11.6 Å². The van der Waals surface area contributed by atoms with Gasteiger partial charge in [0.25, 0.3) is 0 Å². The van der Waals surface area contributed by atoms with Gasteiger partial charge in [-0.3, -0.25) is 0 Å². The Morgan fingerprint density at radius 2 is 2.11 bits per heavy atom. The summed E-state index contributed by atoms with van der Waals surface area (Å²) in [6.07, 6.45) is 2.21. The fourth-order valence-corrected chi connectivity index (χ4v) is 2.71. The van der Waals surface area contributed by atoms with Gasteiger partial charge in [0.15, 0.2) is 0 Å². The van der Waals surface area contributed by atoms with Crippen LogP contribution in [-0.2, 0) is 11.2 Å². The molecule has 0 amide bonds. The van der Waals surface area contributed by atoms with E-state index in [0.717, 1.165) is 12.8 Å². The van der Waals surface area contributed by atoms with Crippen LogP contribution in [0.25, 0.3) is 0 Å². The molecule has 1 fully saturated rings. The molecule has 0 aliphatic heterocycles. The van der Waals surface area contributed by atoms with E-state index >= 15 is 0 Å². The second kappa shape index (κ2) is 6.29. The molecular formula is C14H18BrF2NO. The van der Waals surface area contributed by atoms with E-state index < -0.39 is 11.6 Å². The number of nitrogens with two attached hydrogens (primary N) is 1. The maximum atomic E-state index is 13.9. The maximum absolute atomic E-state index is 13.9. The van der Waals surface area contributed by atoms with E-state index in [0.29, 0.717) is 12.5 Å². The Kier molecular flexibility index (Phi) is 4.92. The van der Waals surface area contributed by atoms with Crippen LogP contribution in [0.5, 0.6) is 0 Å². The zero-order valence-corrected chi connectivity index (χ0v) is 12.4. The fourth-order valence-electron chi connectivity index (χ4n) is 2.33. The predicted octanol–water partition coefficient (Wildman–Crippen LogP) is 3.41. The van der Waals surface area contributed by atoms with Crippen LogP contribution in [0.3, 0.4) is 0 Å². The SMILES string of the molecule is CCOC(C(N)Cc1c(F)ccc(Br)c1F)C1CC1. The van der Waals surface area contributed by atoms with Crippen LogP contribution < -0.4 is 5.73 Å². The number of rotatable bonds is 6. The first-order chi connectivity index (χ1) is 9.04. The molecule has 1 saturated carbocycles. The summed E-state index contributed by atoms with van der Waals surface area (Å²) < 4.78 is 33.5. The zero-order valence-electron chi connectivity index (χ0n) is 10.8. The second-order valence-electron chi connectivity index (χ2n) is 4.95. The lowest BCUT2D eigenvalue weighted by Crippen LogP contribution is -2.40. The van der Waals surface area contributed by atoms with Crippen molar-refractivity contribution in [2.45, 2.75) is 38.3 Å². The molecule has 2 unspecified atom stereocenters. The Morgan fingerprint density at radius 1 is 1.42 bits per heavy atom. The lowest BCUT2D eigenvalue weighted by atomic mass is 9.98. The average molecular weight is 334 g/mol. The highest BCUT2D eigenvalue weighted by Crippen LogP contribution is 2.36. The van der Waals surface area contributed by atoms with Crippen molar-refractivity contribution in [1.29, 1.82) is 0 Å². The van der Waals surface area contributed by atoms with Gasteiger partial charge in [0.05, 0.1) is 10.6 Å². The number of hydrogen-bond donors (Lipinski definition) is 1. The summed E-state index contributed by atoms with van der Waals surface area (Å²) in [7, 11) is 0. The predicted molar refractivity (Wildman–Crippen MR) is 73.9 cm³/mol. The minimum Gasteiger partial charge on any atom is -0.377 e. The van der Waals surface area contributed by atoms with Crippen molar-refractivity contribution in [1.82, 2.24) is 0 Å². The highest BCUT2D eigenvalue weighted by Gasteiger charge is 2.36. The van der Waals surface area contributed by atoms with E-state index in [1.54, 1.807) is 0 Å². The highest BCUT2D eigenvalue weighted by atomic mass is 79.9. The molecule has 2 N–H and O–H groups in total. The lowest BCUT2D eigenvalue weighted by molar-refractivity contribution is 0.0284. The highest BCUT2D eigenvalue weighted by molar-refractivity contribution is 9.10. The largest absolute Gasteiger partial charge is 0.377 e. The van der Waals surface area contributed by atoms with Crippen molar-refractivity contribution in [3.05, 3.63) is 33.8 Å². The molecule has 106 valence electrons. The van der Waals surface area contributed by atoms with Crippen LogP contribution in [0.2, 0.25) is 0 Å². The number of hydrogen-bond acceptors (Lipinski definition) is 2. The monoisotopic (exact) mass is 333 g/mol. The second-order valence-corrected chi connectivity index (χ2v) is 5.80. The van der Waals surface area contributed by atoms with Crippen molar-refractivity contribution in [2.24, 2.45) is 11.7 Å². The van der Waals surface area contributed by atoms with Gasteiger partial charge in [-0.05, 0) is 60.2 Å². The molecule has 2 rings (SSSR count). The molecule has 1 aliphatic carbocycles. The van der Waals surface area contributed by atoms with Gasteiger partial charge in [-0.25, -0.2) is 8.78 Å². The molecule has 2 atom stereocenters. The zero-order chi connectivity index (χ0) is 14.0. The van der Waals surface area contributed by atoms with Crippen LogP contribution >= 0.6 is 15.9 Å². The summed E-state index contributed by atoms with van der Waals surface area (Å²) in [5, 5.41) is 0. The Balaban J connectivity index is 2.13. The molecule has 1 aromatic rings. The molecule has 0 radical (unpaired) electrons. The summed E-state index contributed by atoms with van der Waals surface area (Å²) in [6, 6.07) is 2.23. The molecular weight excluding hydrogens is 316 g/mol. The summed E-state index contributed by atoms with van der Waals surface area (Å²) in [5.74, 6) is -0.683. The Hall–Kier alpha value is -0.520. The van der Waals surface area contributed by atoms with Gasteiger partial charge in [0.2, 0.25) is 0 Å². The molecule has 5 heteroatoms. The standard InChI is InChI=1S/C14H18BrF2NO/c1-2-19-14(8-3-4-8)12(18)7-9-11(16)6-5-10(15)13(9)17/h5-6,8,12,14H,2-4,7,18H2,1H3. The third kappa shape index (κ3) is 3.52. The first-order valence-electron chi connectivity index (χ1n) is 6.54. The van der Waals surface area contributed by atoms with Crippen LogP contribution in [0, 0.1) is 17.6 Å². The minimum atomic E-state index is -0.568. The van der Waals surface area contributed by atoms with Crippen molar-refractivity contribution in [2.75, 3.05) is 6.61 Å². The Morgan fingerprint density at radius 3 is 2.68 bits per heavy atom. The van der Waals surface area contributed by atoms with E-state index in [1.165, 1.54) is 12.1 Å². The molecule has 2 nitrogen and oxygen atoms in total. The van der Waals surface area contributed by atoms with E-state index in [-0.39, 0.29) is 28.6 Å². The first-order valence-corrected chi connectivity index (χ1v) is 7.33. The molecule has 0 spiro atoms. The third-order valence-corrected chi connectivity index (χ3v) is 4.06. The van der Waals surface area contributed by atoms with Gasteiger partial charge in [-0.15, -0.1) is 0 Å². The minimum absolute atomic E-state index is 0.0345. The molecule has 1 aromatic carbocycles. The van der Waals surface area contributed by atoms with E-state index in [9.17, 15) is 8.78 Å². The Labute approximate surface area is 120 Å². The van der Waals surface area contributed by atoms with Gasteiger partial charge in [-0.2, -0.15) is 0 Å². The van der Waals surface area contributed by atoms with Crippen molar-refractivity contribution >= 4 is 15.9 Å². The van der Waals surface area contributed by atoms with Crippen molar-refractivity contribution < 1.29 is 13.5 Å². The van der Waals surface area contributed by atoms with Gasteiger partial charge in [-0.1, -0.05) is 0 Å². The van der Waals surface area contributed by atoms with Gasteiger partial charge in [0, 0.05) is 18.2 Å². The first kappa shape index (κ1) is 14.9. The Bertz CT molecular complexity index is 451. The number of benzene rings is 1. The van der Waals surface area contributed by atoms with Gasteiger partial charge >= 0.3 is 0 Å². The maximum Gasteiger partial charge on any atom is 0.143 e. The smallest absolute Gasteiger partial charge is 0.143 e. The normalized spacial score (nSPS) is 18.4. The summed E-state index contributed by atoms with van der Waals surface area (Å²) >= 11 is 3.07. The average Bonchev–Trinajstić information content (AvgIpc) is 3.20. The summed E-state index contributed by atoms with van der Waals surface area (Å²) in [5.41, 5.74) is 6.13. The molecule has 0 heterocycles.